The molecule has 0 fully saturated rings. The summed E-state index contributed by atoms with van der Waals surface area (Å²) in [6, 6.07) is 6.18. The van der Waals surface area contributed by atoms with Gasteiger partial charge in [-0.25, -0.2) is 26.0 Å². The van der Waals surface area contributed by atoms with Crippen LogP contribution in [0.25, 0.3) is 0 Å². The van der Waals surface area contributed by atoms with Gasteiger partial charge in [-0.3, -0.25) is 25.0 Å². The third-order valence-electron chi connectivity index (χ3n) is 4.65. The summed E-state index contributed by atoms with van der Waals surface area (Å²) >= 11 is 16.7. The van der Waals surface area contributed by atoms with Crippen molar-refractivity contribution in [1.82, 2.24) is 0 Å². The van der Waals surface area contributed by atoms with Crippen LogP contribution in [0.4, 0.5) is 21.5 Å². The number of halogens is 6. The van der Waals surface area contributed by atoms with Gasteiger partial charge in [0, 0.05) is 44.7 Å². The standard InChI is InChI=1S/C13H6Cl3FN2O5S.C7H3Cl2NO6S.2CH4/c14-8-5-7(1-2-9(8)17)18-13(20)6-3-10(19(21)22)12(15)11(4-6)25(16,23)24;8-6-4(10(13)14)1-3(7(11)12)2-5(6)17(9,15)16;;/h1-5H,(H,18,20);1-2H,(H,11,12);2*1H4. The smallest absolute Gasteiger partial charge is 0.335 e. The van der Waals surface area contributed by atoms with Crippen molar-refractivity contribution >= 4 is 103 Å². The fraction of sp³-hybridized carbons (Fsp3) is 0.0909. The zero-order chi connectivity index (χ0) is 32.3. The average Bonchev–Trinajstić information content (AvgIpc) is 2.84. The van der Waals surface area contributed by atoms with E-state index in [2.05, 4.69) is 5.32 Å². The summed E-state index contributed by atoms with van der Waals surface area (Å²) in [6.07, 6.45) is 0. The van der Waals surface area contributed by atoms with Crippen LogP contribution in [-0.4, -0.2) is 43.7 Å². The molecule has 0 aliphatic heterocycles. The van der Waals surface area contributed by atoms with Crippen LogP contribution < -0.4 is 5.32 Å². The van der Waals surface area contributed by atoms with Gasteiger partial charge in [-0.15, -0.1) is 0 Å². The molecule has 3 rings (SSSR count). The molecule has 0 aliphatic carbocycles. The number of rotatable bonds is 7. The number of hydrogen-bond donors (Lipinski definition) is 2. The van der Waals surface area contributed by atoms with Gasteiger partial charge in [0.05, 0.1) is 20.4 Å². The Morgan fingerprint density at radius 3 is 1.55 bits per heavy atom. The van der Waals surface area contributed by atoms with Crippen molar-refractivity contribution < 1.29 is 45.8 Å². The molecule has 0 unspecified atom stereocenters. The highest BCUT2D eigenvalue weighted by Crippen LogP contribution is 2.36. The van der Waals surface area contributed by atoms with Crippen LogP contribution in [-0.2, 0) is 18.1 Å². The maximum absolute atomic E-state index is 13.1. The van der Waals surface area contributed by atoms with Crippen LogP contribution >= 0.6 is 56.2 Å². The van der Waals surface area contributed by atoms with Gasteiger partial charge in [0.15, 0.2) is 0 Å². The maximum atomic E-state index is 13.1. The minimum absolute atomic E-state index is 0. The van der Waals surface area contributed by atoms with Crippen molar-refractivity contribution in [3.63, 3.8) is 0 Å². The lowest BCUT2D eigenvalue weighted by molar-refractivity contribution is -0.385. The minimum Gasteiger partial charge on any atom is -0.478 e. The molecule has 0 saturated heterocycles. The molecule has 14 nitrogen and oxygen atoms in total. The first-order chi connectivity index (χ1) is 19.1. The van der Waals surface area contributed by atoms with E-state index < -0.39 is 88.0 Å². The molecule has 0 spiro atoms. The molecule has 3 aromatic rings. The van der Waals surface area contributed by atoms with Crippen LogP contribution in [0.1, 0.15) is 35.6 Å². The Balaban J connectivity index is 0.000000859. The number of aromatic carboxylic acids is 1. The number of carboxylic acid groups (broad SMARTS) is 1. The lowest BCUT2D eigenvalue weighted by atomic mass is 10.2. The van der Waals surface area contributed by atoms with Gasteiger partial charge in [0.2, 0.25) is 0 Å². The molecule has 240 valence electrons. The first kappa shape index (κ1) is 40.7. The normalized spacial score (nSPS) is 10.7. The zero-order valence-electron chi connectivity index (χ0n) is 19.5. The van der Waals surface area contributed by atoms with E-state index in [1.54, 1.807) is 0 Å². The average molecular weight is 760 g/mol. The van der Waals surface area contributed by atoms with Crippen LogP contribution in [0.5, 0.6) is 0 Å². The summed E-state index contributed by atoms with van der Waals surface area (Å²) in [5.74, 6) is -3.16. The molecule has 1 amide bonds. The highest BCUT2D eigenvalue weighted by molar-refractivity contribution is 8.14. The second-order valence-electron chi connectivity index (χ2n) is 7.39. The van der Waals surface area contributed by atoms with E-state index in [4.69, 9.17) is 61.3 Å². The third-order valence-corrected chi connectivity index (χ3v) is 8.65. The Morgan fingerprint density at radius 2 is 1.18 bits per heavy atom. The fourth-order valence-corrected chi connectivity index (χ4v) is 6.10. The molecule has 0 atom stereocenters. The molecular formula is C22H17Cl5FN3O11S2. The summed E-state index contributed by atoms with van der Waals surface area (Å²) in [6.45, 7) is 0. The summed E-state index contributed by atoms with van der Waals surface area (Å²) < 4.78 is 58.3. The van der Waals surface area contributed by atoms with Crippen LogP contribution in [0.15, 0.2) is 52.3 Å². The number of nitrogens with zero attached hydrogens (tertiary/aromatic N) is 2. The van der Waals surface area contributed by atoms with Crippen LogP contribution in [0.3, 0.4) is 0 Å². The van der Waals surface area contributed by atoms with Gasteiger partial charge in [-0.05, 0) is 30.3 Å². The number of amides is 1. The highest BCUT2D eigenvalue weighted by Gasteiger charge is 2.28. The molecular weight excluding hydrogens is 743 g/mol. The number of anilines is 1. The number of hydrogen-bond acceptors (Lipinski definition) is 10. The maximum Gasteiger partial charge on any atom is 0.335 e. The van der Waals surface area contributed by atoms with E-state index in [0.29, 0.717) is 12.1 Å². The number of nitrogens with one attached hydrogen (secondary N) is 1. The van der Waals surface area contributed by atoms with Crippen molar-refractivity contribution in [2.45, 2.75) is 24.6 Å². The second kappa shape index (κ2) is 15.6. The van der Waals surface area contributed by atoms with Crippen molar-refractivity contribution in [3.8, 4) is 0 Å². The van der Waals surface area contributed by atoms with Gasteiger partial charge >= 0.3 is 5.97 Å². The first-order valence-corrected chi connectivity index (χ1v) is 15.7. The highest BCUT2D eigenvalue weighted by atomic mass is 35.7. The summed E-state index contributed by atoms with van der Waals surface area (Å²) in [5.41, 5.74) is -2.56. The van der Waals surface area contributed by atoms with E-state index in [1.165, 1.54) is 6.07 Å². The Labute approximate surface area is 272 Å². The van der Waals surface area contributed by atoms with Crippen molar-refractivity contribution in [3.05, 3.63) is 94.7 Å². The predicted octanol–water partition coefficient (Wildman–Crippen LogP) is 7.37. The van der Waals surface area contributed by atoms with Gasteiger partial charge in [-0.2, -0.15) is 0 Å². The molecule has 0 heterocycles. The lowest BCUT2D eigenvalue weighted by Crippen LogP contribution is -2.13. The molecule has 0 aliphatic rings. The molecule has 44 heavy (non-hydrogen) atoms. The van der Waals surface area contributed by atoms with E-state index in [1.807, 2.05) is 0 Å². The SMILES string of the molecule is C.C.O=C(Nc1ccc(F)c(Cl)c1)c1cc([N+](=O)[O-])c(Cl)c(S(=O)(=O)Cl)c1.O=C(O)c1cc([N+](=O)[O-])c(Cl)c(S(=O)(=O)Cl)c1. The summed E-state index contributed by atoms with van der Waals surface area (Å²) in [4.78, 5) is 40.9. The summed E-state index contributed by atoms with van der Waals surface area (Å²) in [5, 5.41) is 30.8. The predicted molar refractivity (Wildman–Crippen MR) is 162 cm³/mol. The Bertz CT molecular complexity index is 1880. The zero-order valence-corrected chi connectivity index (χ0v) is 25.0. The van der Waals surface area contributed by atoms with Crippen molar-refractivity contribution in [1.29, 1.82) is 0 Å². The van der Waals surface area contributed by atoms with E-state index in [0.717, 1.165) is 24.3 Å². The van der Waals surface area contributed by atoms with Gasteiger partial charge in [0.1, 0.15) is 25.7 Å². The van der Waals surface area contributed by atoms with E-state index in [-0.39, 0.29) is 25.6 Å². The topological polar surface area (TPSA) is 221 Å². The third kappa shape index (κ3) is 10.1. The number of nitro groups is 2. The van der Waals surface area contributed by atoms with Gasteiger partial charge in [-0.1, -0.05) is 49.7 Å². The minimum atomic E-state index is -4.45. The molecule has 0 saturated carbocycles. The van der Waals surface area contributed by atoms with Crippen LogP contribution in [0, 0.1) is 26.0 Å². The monoisotopic (exact) mass is 757 g/mol. The summed E-state index contributed by atoms with van der Waals surface area (Å²) in [7, 11) is 1.36. The number of benzene rings is 3. The van der Waals surface area contributed by atoms with Gasteiger partial charge in [0.25, 0.3) is 35.4 Å². The second-order valence-corrected chi connectivity index (χ2v) is 13.6. The molecule has 3 aromatic carbocycles. The molecule has 22 heteroatoms. The number of nitro benzene ring substituents is 2. The Kier molecular flexibility index (Phi) is 14.4. The largest absolute Gasteiger partial charge is 0.478 e. The fourth-order valence-electron chi connectivity index (χ4n) is 2.82. The molecule has 0 bridgehead atoms. The number of carbonyl (C=O) groups excluding carboxylic acids is 1. The van der Waals surface area contributed by atoms with Crippen molar-refractivity contribution in [2.75, 3.05) is 5.32 Å². The number of carboxylic acids is 1. The quantitative estimate of drug-likeness (QED) is 0.138. The lowest BCUT2D eigenvalue weighted by Gasteiger charge is -2.08. The molecule has 0 aromatic heterocycles. The number of carbonyl (C=O) groups is 2. The Morgan fingerprint density at radius 1 is 0.773 bits per heavy atom. The Hall–Kier alpha value is -3.32. The first-order valence-electron chi connectivity index (χ1n) is 10.00. The van der Waals surface area contributed by atoms with E-state index >= 15 is 0 Å². The molecule has 0 radical (unpaired) electrons. The van der Waals surface area contributed by atoms with Crippen molar-refractivity contribution in [2.24, 2.45) is 0 Å². The van der Waals surface area contributed by atoms with E-state index in [9.17, 15) is 51.0 Å². The van der Waals surface area contributed by atoms with Gasteiger partial charge < -0.3 is 10.4 Å². The van der Waals surface area contributed by atoms with Crippen LogP contribution in [0.2, 0.25) is 15.1 Å². The molecule has 2 N–H and O–H groups in total.